The molecule has 1 aromatic carbocycles. The Morgan fingerprint density at radius 1 is 0.846 bits per heavy atom. The van der Waals surface area contributed by atoms with Crippen molar-refractivity contribution in [1.82, 2.24) is 4.98 Å². The van der Waals surface area contributed by atoms with Crippen molar-refractivity contribution >= 4 is 10.9 Å². The molecule has 1 spiro atoms. The third-order valence-corrected chi connectivity index (χ3v) is 12.8. The van der Waals surface area contributed by atoms with Gasteiger partial charge in [-0.3, -0.25) is 0 Å². The summed E-state index contributed by atoms with van der Waals surface area (Å²) in [6, 6.07) is 8.67. The van der Waals surface area contributed by atoms with Crippen LogP contribution in [0.4, 0.5) is 0 Å². The van der Waals surface area contributed by atoms with E-state index in [2.05, 4.69) is 70.8 Å². The van der Waals surface area contributed by atoms with Crippen molar-refractivity contribution in [3.63, 3.8) is 0 Å². The van der Waals surface area contributed by atoms with Gasteiger partial charge in [0.25, 0.3) is 0 Å². The van der Waals surface area contributed by atoms with Crippen LogP contribution >= 0.6 is 0 Å². The first kappa shape index (κ1) is 24.2. The number of fused-ring (bicyclic) bond motifs is 9. The van der Waals surface area contributed by atoms with Crippen molar-refractivity contribution in [2.75, 3.05) is 0 Å². The number of hydrogen-bond donors (Lipinski definition) is 2. The van der Waals surface area contributed by atoms with Crippen molar-refractivity contribution in [3.8, 4) is 0 Å². The van der Waals surface area contributed by atoms with Gasteiger partial charge >= 0.3 is 0 Å². The number of H-pyrrole nitrogens is 1. The van der Waals surface area contributed by atoms with Crippen molar-refractivity contribution in [3.05, 3.63) is 35.5 Å². The van der Waals surface area contributed by atoms with Crippen molar-refractivity contribution in [1.29, 1.82) is 0 Å². The van der Waals surface area contributed by atoms with Crippen LogP contribution in [0.15, 0.2) is 24.3 Å². The molecule has 9 rings (SSSR count). The predicted octanol–water partition coefficient (Wildman–Crippen LogP) is 4.53. The number of aromatic nitrogens is 1. The van der Waals surface area contributed by atoms with E-state index in [4.69, 9.17) is 23.7 Å². The van der Waals surface area contributed by atoms with E-state index in [0.29, 0.717) is 5.92 Å². The molecule has 2 saturated carbocycles. The summed E-state index contributed by atoms with van der Waals surface area (Å²) in [7, 11) is 0. The van der Waals surface area contributed by atoms with Crippen LogP contribution in [0.25, 0.3) is 10.9 Å². The number of benzene rings is 1. The Morgan fingerprint density at radius 3 is 2.36 bits per heavy atom. The monoisotopic (exact) mass is 535 g/mol. The fraction of sp³-hybridized carbons (Fsp3) is 0.750. The molecule has 7 aliphatic rings. The summed E-state index contributed by atoms with van der Waals surface area (Å²) < 4.78 is 32.7. The second-order valence-corrected chi connectivity index (χ2v) is 15.1. The van der Waals surface area contributed by atoms with Gasteiger partial charge in [-0.25, -0.2) is 0 Å². The highest BCUT2D eigenvalue weighted by Crippen LogP contribution is 2.75. The van der Waals surface area contributed by atoms with Crippen LogP contribution in [-0.2, 0) is 35.5 Å². The molecule has 2 N–H and O–H groups in total. The van der Waals surface area contributed by atoms with Crippen molar-refractivity contribution < 1.29 is 28.8 Å². The molecule has 39 heavy (non-hydrogen) atoms. The Hall–Kier alpha value is -1.48. The molecule has 0 bridgehead atoms. The van der Waals surface area contributed by atoms with Gasteiger partial charge in [-0.15, -0.1) is 0 Å². The van der Waals surface area contributed by atoms with E-state index in [-0.39, 0.29) is 47.0 Å². The molecular formula is C32H41NO6. The molecule has 1 aromatic heterocycles. The first-order valence-electron chi connectivity index (χ1n) is 15.0. The molecule has 2 aromatic rings. The number of hydrogen-bond acceptors (Lipinski definition) is 6. The van der Waals surface area contributed by atoms with Crippen LogP contribution < -0.4 is 0 Å². The van der Waals surface area contributed by atoms with Gasteiger partial charge in [-0.05, 0) is 77.3 Å². The van der Waals surface area contributed by atoms with E-state index in [1.54, 1.807) is 0 Å². The molecule has 11 atom stereocenters. The highest BCUT2D eigenvalue weighted by atomic mass is 16.8. The summed E-state index contributed by atoms with van der Waals surface area (Å²) in [5.41, 5.74) is 0.803. The maximum Gasteiger partial charge on any atom is 0.187 e. The van der Waals surface area contributed by atoms with Gasteiger partial charge < -0.3 is 33.8 Å². The Bertz CT molecular complexity index is 1420. The summed E-state index contributed by atoms with van der Waals surface area (Å²) in [5.74, 6) is 0.493. The van der Waals surface area contributed by atoms with E-state index < -0.39 is 23.1 Å². The number of ether oxygens (including phenoxy) is 5. The van der Waals surface area contributed by atoms with Crippen molar-refractivity contribution in [2.45, 2.75) is 138 Å². The van der Waals surface area contributed by atoms with Gasteiger partial charge in [0.05, 0.1) is 17.3 Å². The molecule has 6 fully saturated rings. The quantitative estimate of drug-likeness (QED) is 0.522. The average molecular weight is 536 g/mol. The summed E-state index contributed by atoms with van der Waals surface area (Å²) >= 11 is 0. The average Bonchev–Trinajstić information content (AvgIpc) is 3.71. The van der Waals surface area contributed by atoms with E-state index in [1.807, 2.05) is 0 Å². The zero-order chi connectivity index (χ0) is 27.0. The molecule has 7 heteroatoms. The lowest BCUT2D eigenvalue weighted by Crippen LogP contribution is -2.77. The van der Waals surface area contributed by atoms with E-state index in [0.717, 1.165) is 32.1 Å². The second kappa shape index (κ2) is 6.77. The van der Waals surface area contributed by atoms with Gasteiger partial charge in [0.15, 0.2) is 11.9 Å². The highest BCUT2D eigenvalue weighted by Gasteiger charge is 2.87. The summed E-state index contributed by atoms with van der Waals surface area (Å²) in [6.45, 7) is 13.1. The number of nitrogens with one attached hydrogen (secondary N) is 1. The number of aliphatic hydroxyl groups is 1. The number of rotatable bonds is 1. The van der Waals surface area contributed by atoms with Gasteiger partial charge in [0.2, 0.25) is 0 Å². The maximum absolute atomic E-state index is 13.1. The lowest BCUT2D eigenvalue weighted by atomic mass is 9.40. The number of aromatic amines is 1. The third-order valence-electron chi connectivity index (χ3n) is 12.8. The molecule has 4 aliphatic heterocycles. The van der Waals surface area contributed by atoms with E-state index >= 15 is 0 Å². The van der Waals surface area contributed by atoms with Crippen molar-refractivity contribution in [2.24, 2.45) is 11.3 Å². The SMILES string of the molecule is CC1(C)OC1[C@H]1O[C@@H]2[C@H](OC3CC[C@@]4(C)[C@@](O)(CCC5Cc6c([nH]c7ccccc67)[C@@]54C)[C@]34O[C@@H]24)C(C)(C)O1. The van der Waals surface area contributed by atoms with Gasteiger partial charge in [0.1, 0.15) is 30.0 Å². The van der Waals surface area contributed by atoms with Crippen LogP contribution in [0.3, 0.4) is 0 Å². The molecule has 5 heterocycles. The smallest absolute Gasteiger partial charge is 0.187 e. The number of epoxide rings is 2. The zero-order valence-electron chi connectivity index (χ0n) is 23.9. The largest absolute Gasteiger partial charge is 0.386 e. The molecule has 3 unspecified atom stereocenters. The second-order valence-electron chi connectivity index (χ2n) is 15.1. The standard InChI is InChI=1S/C32H41NO6/c1-27(2)23-21(36-26(39-27)25-28(3,4)37-25)24-32(38-24)20(35-23)12-13-29(5)30(6)16(11-14-31(29,32)34)15-18-17-9-7-8-10-19(17)33-22(18)30/h7-10,16,20-21,23-26,33-34H,11-15H2,1-6H3/t16?,20?,21-,23+,24+,25?,26+,29-,30-,31+,32+/m1/s1. The van der Waals surface area contributed by atoms with Crippen LogP contribution in [0, 0.1) is 11.3 Å². The minimum Gasteiger partial charge on any atom is -0.386 e. The van der Waals surface area contributed by atoms with Gasteiger partial charge in [-0.1, -0.05) is 32.0 Å². The molecular weight excluding hydrogens is 494 g/mol. The first-order valence-corrected chi connectivity index (χ1v) is 15.0. The number of para-hydroxylation sites is 1. The zero-order valence-corrected chi connectivity index (χ0v) is 23.9. The lowest BCUT2D eigenvalue weighted by molar-refractivity contribution is -0.356. The summed E-state index contributed by atoms with van der Waals surface area (Å²) in [5, 5.41) is 14.5. The summed E-state index contributed by atoms with van der Waals surface area (Å²) in [4.78, 5) is 3.84. The van der Waals surface area contributed by atoms with Gasteiger partial charge in [0, 0.05) is 27.4 Å². The molecule has 3 aliphatic carbocycles. The molecule has 4 saturated heterocycles. The van der Waals surface area contributed by atoms with Gasteiger partial charge in [-0.2, -0.15) is 0 Å². The van der Waals surface area contributed by atoms with Crippen LogP contribution in [0.2, 0.25) is 0 Å². The molecule has 7 nitrogen and oxygen atoms in total. The normalized spacial score (nSPS) is 53.6. The minimum absolute atomic E-state index is 0.113. The Kier molecular flexibility index (Phi) is 4.19. The van der Waals surface area contributed by atoms with E-state index in [9.17, 15) is 5.11 Å². The fourth-order valence-electron chi connectivity index (χ4n) is 10.4. The van der Waals surface area contributed by atoms with Crippen LogP contribution in [-0.4, -0.2) is 69.3 Å². The summed E-state index contributed by atoms with van der Waals surface area (Å²) in [6.07, 6.45) is 2.96. The predicted molar refractivity (Wildman–Crippen MR) is 143 cm³/mol. The third kappa shape index (κ3) is 2.52. The molecule has 210 valence electrons. The van der Waals surface area contributed by atoms with Crippen LogP contribution in [0.1, 0.15) is 78.5 Å². The maximum atomic E-state index is 13.1. The lowest BCUT2D eigenvalue weighted by Gasteiger charge is -2.66. The molecule has 0 amide bonds. The van der Waals surface area contributed by atoms with Crippen LogP contribution in [0.5, 0.6) is 0 Å². The Balaban J connectivity index is 1.13. The Labute approximate surface area is 229 Å². The Morgan fingerprint density at radius 2 is 1.59 bits per heavy atom. The molecule has 0 radical (unpaired) electrons. The highest BCUT2D eigenvalue weighted by molar-refractivity contribution is 5.86. The van der Waals surface area contributed by atoms with E-state index in [1.165, 1.54) is 22.2 Å². The first-order chi connectivity index (χ1) is 18.4. The minimum atomic E-state index is -1.03. The fourth-order valence-corrected chi connectivity index (χ4v) is 10.4. The topological polar surface area (TPSA) is 88.8 Å².